The Morgan fingerprint density at radius 2 is 1.83 bits per heavy atom. The number of amides is 1. The van der Waals surface area contributed by atoms with Crippen LogP contribution in [0.4, 0.5) is 8.78 Å². The van der Waals surface area contributed by atoms with Crippen molar-refractivity contribution >= 4 is 11.9 Å². The lowest BCUT2D eigenvalue weighted by molar-refractivity contribution is 0.0955. The van der Waals surface area contributed by atoms with E-state index in [1.165, 1.54) is 30.3 Å². The summed E-state index contributed by atoms with van der Waals surface area (Å²) < 4.78 is 31.6. The van der Waals surface area contributed by atoms with Gasteiger partial charge in [0.15, 0.2) is 17.5 Å². The summed E-state index contributed by atoms with van der Waals surface area (Å²) in [6.07, 6.45) is 0. The minimum absolute atomic E-state index is 0.0212. The molecule has 2 rings (SSSR count). The molecule has 0 fully saturated rings. The van der Waals surface area contributed by atoms with Crippen LogP contribution in [0, 0.1) is 11.6 Å². The zero-order valence-electron chi connectivity index (χ0n) is 16.0. The van der Waals surface area contributed by atoms with E-state index in [1.807, 2.05) is 6.92 Å². The van der Waals surface area contributed by atoms with Gasteiger partial charge in [0.25, 0.3) is 5.91 Å². The highest BCUT2D eigenvalue weighted by Crippen LogP contribution is 2.17. The van der Waals surface area contributed by atoms with Crippen molar-refractivity contribution in [2.75, 3.05) is 32.8 Å². The van der Waals surface area contributed by atoms with Crippen molar-refractivity contribution in [3.8, 4) is 11.5 Å². The Balaban J connectivity index is 1.72. The molecule has 0 radical (unpaired) electrons. The molecule has 0 aromatic heterocycles. The van der Waals surface area contributed by atoms with E-state index in [1.54, 1.807) is 0 Å². The molecule has 0 bridgehead atoms. The average molecular weight is 406 g/mol. The highest BCUT2D eigenvalue weighted by atomic mass is 19.1. The molecule has 0 aliphatic heterocycles. The van der Waals surface area contributed by atoms with Crippen LogP contribution in [0.1, 0.15) is 17.3 Å². The number of ether oxygens (including phenoxy) is 1. The van der Waals surface area contributed by atoms with Crippen LogP contribution in [0.3, 0.4) is 0 Å². The van der Waals surface area contributed by atoms with Crippen LogP contribution in [0.5, 0.6) is 11.5 Å². The molecule has 7 nitrogen and oxygen atoms in total. The first-order chi connectivity index (χ1) is 14.0. The summed E-state index contributed by atoms with van der Waals surface area (Å²) in [6, 6.07) is 9.08. The summed E-state index contributed by atoms with van der Waals surface area (Å²) in [6.45, 7) is 3.72. The number of nitrogens with one attached hydrogen (secondary N) is 3. The van der Waals surface area contributed by atoms with Gasteiger partial charge in [0, 0.05) is 24.7 Å². The number of phenols is 1. The fourth-order valence-electron chi connectivity index (χ4n) is 2.32. The Hall–Kier alpha value is -3.36. The van der Waals surface area contributed by atoms with Crippen LogP contribution in [0.25, 0.3) is 0 Å². The number of benzene rings is 2. The molecule has 2 aromatic carbocycles. The summed E-state index contributed by atoms with van der Waals surface area (Å²) in [4.78, 5) is 16.3. The molecule has 0 atom stereocenters. The van der Waals surface area contributed by atoms with Crippen molar-refractivity contribution < 1.29 is 23.4 Å². The quantitative estimate of drug-likeness (QED) is 0.290. The molecule has 1 amide bonds. The van der Waals surface area contributed by atoms with Crippen LogP contribution in [0.2, 0.25) is 0 Å². The molecule has 0 heterocycles. The largest absolute Gasteiger partial charge is 0.508 e. The van der Waals surface area contributed by atoms with Gasteiger partial charge < -0.3 is 25.8 Å². The normalized spacial score (nSPS) is 11.1. The summed E-state index contributed by atoms with van der Waals surface area (Å²) >= 11 is 0. The lowest BCUT2D eigenvalue weighted by Crippen LogP contribution is -2.40. The number of guanidine groups is 1. The minimum Gasteiger partial charge on any atom is -0.508 e. The molecule has 0 unspecified atom stereocenters. The van der Waals surface area contributed by atoms with Crippen molar-refractivity contribution in [3.05, 3.63) is 59.7 Å². The third kappa shape index (κ3) is 7.65. The molecule has 2 aromatic rings. The van der Waals surface area contributed by atoms with Gasteiger partial charge in [-0.05, 0) is 43.3 Å². The number of carbonyl (C=O) groups is 1. The van der Waals surface area contributed by atoms with E-state index in [0.29, 0.717) is 37.7 Å². The first-order valence-corrected chi connectivity index (χ1v) is 9.17. The maximum atomic E-state index is 13.5. The predicted molar refractivity (Wildman–Crippen MR) is 106 cm³/mol. The Morgan fingerprint density at radius 3 is 2.52 bits per heavy atom. The molecule has 0 saturated heterocycles. The van der Waals surface area contributed by atoms with Gasteiger partial charge in [0.2, 0.25) is 0 Å². The van der Waals surface area contributed by atoms with E-state index < -0.39 is 11.6 Å². The lowest BCUT2D eigenvalue weighted by atomic mass is 10.2. The van der Waals surface area contributed by atoms with E-state index in [2.05, 4.69) is 20.9 Å². The van der Waals surface area contributed by atoms with E-state index in [0.717, 1.165) is 12.1 Å². The maximum absolute atomic E-state index is 13.5. The summed E-state index contributed by atoms with van der Waals surface area (Å²) in [5, 5.41) is 18.0. The van der Waals surface area contributed by atoms with Crippen molar-refractivity contribution in [3.63, 3.8) is 0 Å². The van der Waals surface area contributed by atoms with Gasteiger partial charge in [-0.1, -0.05) is 0 Å². The van der Waals surface area contributed by atoms with Crippen molar-refractivity contribution in [2.45, 2.75) is 6.92 Å². The maximum Gasteiger partial charge on any atom is 0.251 e. The fourth-order valence-corrected chi connectivity index (χ4v) is 2.32. The topological polar surface area (TPSA) is 95.0 Å². The van der Waals surface area contributed by atoms with Crippen LogP contribution in [0.15, 0.2) is 47.5 Å². The summed E-state index contributed by atoms with van der Waals surface area (Å²) in [7, 11) is 0. The number of aromatic hydroxyl groups is 1. The minimum atomic E-state index is -0.755. The number of carbonyl (C=O) groups excluding carboxylic acids is 1. The molecule has 156 valence electrons. The Labute approximate surface area is 167 Å². The summed E-state index contributed by atoms with van der Waals surface area (Å²) in [5.74, 6) is -1.07. The first-order valence-electron chi connectivity index (χ1n) is 9.17. The molecule has 0 aliphatic carbocycles. The number of halogens is 2. The zero-order chi connectivity index (χ0) is 21.1. The second-order valence-corrected chi connectivity index (χ2v) is 5.91. The number of aliphatic imine (C=N–C) groups is 1. The van der Waals surface area contributed by atoms with Crippen molar-refractivity contribution in [1.29, 1.82) is 0 Å². The fraction of sp³-hybridized carbons (Fsp3) is 0.300. The third-order valence-corrected chi connectivity index (χ3v) is 3.69. The molecular weight excluding hydrogens is 382 g/mol. The van der Waals surface area contributed by atoms with Gasteiger partial charge >= 0.3 is 0 Å². The number of hydrogen-bond donors (Lipinski definition) is 4. The third-order valence-electron chi connectivity index (χ3n) is 3.69. The highest BCUT2D eigenvalue weighted by Gasteiger charge is 2.06. The van der Waals surface area contributed by atoms with Gasteiger partial charge in [-0.3, -0.25) is 9.79 Å². The Morgan fingerprint density at radius 1 is 1.07 bits per heavy atom. The molecule has 4 N–H and O–H groups in total. The number of rotatable bonds is 9. The van der Waals surface area contributed by atoms with Gasteiger partial charge in [-0.15, -0.1) is 0 Å². The molecule has 0 aliphatic rings. The Bertz CT molecular complexity index is 829. The first kappa shape index (κ1) is 21.9. The molecule has 9 heteroatoms. The Kier molecular flexibility index (Phi) is 8.68. The SMILES string of the molecule is CCNC(=NCCNC(=O)c1ccc(O)cc1)NCCOc1ccc(F)cc1F. The van der Waals surface area contributed by atoms with Crippen molar-refractivity contribution in [2.24, 2.45) is 4.99 Å². The van der Waals surface area contributed by atoms with E-state index in [9.17, 15) is 18.7 Å². The van der Waals surface area contributed by atoms with Crippen LogP contribution < -0.4 is 20.7 Å². The average Bonchev–Trinajstić information content (AvgIpc) is 2.70. The molecule has 0 spiro atoms. The standard InChI is InChI=1S/C20H24F2N4O3/c1-2-23-20(26-11-12-29-18-8-5-15(21)13-17(18)22)25-10-9-24-19(28)14-3-6-16(27)7-4-14/h3-8,13,27H,2,9-12H2,1H3,(H,24,28)(H2,23,25,26). The summed E-state index contributed by atoms with van der Waals surface area (Å²) in [5.41, 5.74) is 0.446. The van der Waals surface area contributed by atoms with Gasteiger partial charge in [-0.2, -0.15) is 0 Å². The monoisotopic (exact) mass is 406 g/mol. The highest BCUT2D eigenvalue weighted by molar-refractivity contribution is 5.94. The number of nitrogens with zero attached hydrogens (tertiary/aromatic N) is 1. The van der Waals surface area contributed by atoms with E-state index in [4.69, 9.17) is 4.74 Å². The second-order valence-electron chi connectivity index (χ2n) is 5.91. The second kappa shape index (κ2) is 11.5. The molecule has 0 saturated carbocycles. The molecular formula is C20H24F2N4O3. The van der Waals surface area contributed by atoms with Crippen LogP contribution >= 0.6 is 0 Å². The lowest BCUT2D eigenvalue weighted by Gasteiger charge is -2.12. The van der Waals surface area contributed by atoms with E-state index in [-0.39, 0.29) is 24.0 Å². The number of phenolic OH excluding ortho intramolecular Hbond substituents is 1. The molecule has 29 heavy (non-hydrogen) atoms. The smallest absolute Gasteiger partial charge is 0.251 e. The van der Waals surface area contributed by atoms with E-state index >= 15 is 0 Å². The van der Waals surface area contributed by atoms with Gasteiger partial charge in [0.05, 0.1) is 13.1 Å². The van der Waals surface area contributed by atoms with Crippen molar-refractivity contribution in [1.82, 2.24) is 16.0 Å². The number of hydrogen-bond acceptors (Lipinski definition) is 4. The van der Waals surface area contributed by atoms with Crippen LogP contribution in [-0.2, 0) is 0 Å². The van der Waals surface area contributed by atoms with Crippen LogP contribution in [-0.4, -0.2) is 49.8 Å². The predicted octanol–water partition coefficient (Wildman–Crippen LogP) is 2.03. The van der Waals surface area contributed by atoms with Gasteiger partial charge in [0.1, 0.15) is 18.2 Å². The van der Waals surface area contributed by atoms with Gasteiger partial charge in [-0.25, -0.2) is 8.78 Å². The zero-order valence-corrected chi connectivity index (χ0v) is 16.0.